The Bertz CT molecular complexity index is 1560. The zero-order valence-electron chi connectivity index (χ0n) is 25.7. The maximum Gasteiger partial charge on any atom is 0.209 e. The zero-order chi connectivity index (χ0) is 30.2. The molecule has 0 unspecified atom stereocenters. The van der Waals surface area contributed by atoms with Crippen LogP contribution in [0.15, 0.2) is 37.2 Å². The van der Waals surface area contributed by atoms with Crippen LogP contribution in [-0.2, 0) is 17.9 Å². The second-order valence-electron chi connectivity index (χ2n) is 12.6. The fourth-order valence-corrected chi connectivity index (χ4v) is 6.70. The van der Waals surface area contributed by atoms with E-state index in [1.165, 1.54) is 5.69 Å². The number of carbonyl (C=O) groups excluding carboxylic acids is 1. The highest BCUT2D eigenvalue weighted by Crippen LogP contribution is 2.55. The molecule has 4 aromatic rings. The van der Waals surface area contributed by atoms with Gasteiger partial charge in [0.1, 0.15) is 0 Å². The number of amides is 1. The van der Waals surface area contributed by atoms with Crippen molar-refractivity contribution >= 4 is 34.7 Å². The number of carbonyl (C=O) groups is 1. The molecule has 224 valence electrons. The van der Waals surface area contributed by atoms with Crippen LogP contribution in [0, 0.1) is 25.2 Å². The van der Waals surface area contributed by atoms with Gasteiger partial charge < -0.3 is 9.80 Å². The van der Waals surface area contributed by atoms with Crippen LogP contribution in [0.4, 0.5) is 5.82 Å². The Labute approximate surface area is 253 Å². The van der Waals surface area contributed by atoms with E-state index in [4.69, 9.17) is 16.7 Å². The quantitative estimate of drug-likeness (QED) is 0.215. The lowest BCUT2D eigenvalue weighted by atomic mass is 9.61. The van der Waals surface area contributed by atoms with Crippen molar-refractivity contribution < 1.29 is 4.79 Å². The van der Waals surface area contributed by atoms with Crippen molar-refractivity contribution in [1.29, 1.82) is 0 Å². The van der Waals surface area contributed by atoms with E-state index in [9.17, 15) is 4.79 Å². The molecule has 1 saturated heterocycles. The number of H-pyrrole nitrogens is 1. The largest absolute Gasteiger partial charge is 0.347 e. The van der Waals surface area contributed by atoms with Crippen molar-refractivity contribution in [3.63, 3.8) is 0 Å². The lowest BCUT2D eigenvalue weighted by molar-refractivity contribution is -0.140. The molecule has 9 nitrogen and oxygen atoms in total. The van der Waals surface area contributed by atoms with Crippen molar-refractivity contribution in [3.05, 3.63) is 59.2 Å². The molecule has 1 spiro atoms. The Kier molecular flexibility index (Phi) is 8.51. The lowest BCUT2D eigenvalue weighted by Gasteiger charge is -2.58. The molecule has 3 aromatic heterocycles. The molecular weight excluding hydrogens is 548 g/mol. The van der Waals surface area contributed by atoms with Gasteiger partial charge in [-0.3, -0.25) is 19.3 Å². The average molecular weight is 591 g/mol. The first-order chi connectivity index (χ1) is 20.1. The standard InChI is InChI=1S/C25H27ClN8O.C4H10.C3H6/c1-15-7-20-19(10-27-29-20)22(23(15)26)21-16(2)34(18-8-25(9-18)12-31(13-25)14-35)30-24(21)32-5-6-33-17(11-32)3-4-28-33;1-4(2)3;1-3-2/h3-4,7,10,14,18H,5-6,8-9,11-13H2,1-2H3,(H,27,29);4H,1-3H3;3H,1H2,2H3. The van der Waals surface area contributed by atoms with Gasteiger partial charge in [-0.25, -0.2) is 0 Å². The minimum atomic E-state index is 0.265. The van der Waals surface area contributed by atoms with Crippen molar-refractivity contribution in [3.8, 4) is 11.1 Å². The number of hydrogen-bond acceptors (Lipinski definition) is 5. The first-order valence-corrected chi connectivity index (χ1v) is 15.2. The summed E-state index contributed by atoms with van der Waals surface area (Å²) >= 11 is 7.01. The molecule has 7 rings (SSSR count). The summed E-state index contributed by atoms with van der Waals surface area (Å²) < 4.78 is 4.29. The van der Waals surface area contributed by atoms with Crippen LogP contribution in [0.3, 0.4) is 0 Å². The molecule has 1 saturated carbocycles. The Hall–Kier alpha value is -3.59. The molecular formula is C32H43ClN8O. The molecule has 42 heavy (non-hydrogen) atoms. The van der Waals surface area contributed by atoms with E-state index >= 15 is 0 Å². The van der Waals surface area contributed by atoms with Crippen LogP contribution in [-0.4, -0.2) is 60.7 Å². The molecule has 2 aliphatic heterocycles. The fourth-order valence-electron chi connectivity index (χ4n) is 6.45. The summed E-state index contributed by atoms with van der Waals surface area (Å²) in [7, 11) is 0. The molecule has 2 fully saturated rings. The summed E-state index contributed by atoms with van der Waals surface area (Å²) in [6.45, 7) is 20.1. The lowest BCUT2D eigenvalue weighted by Crippen LogP contribution is -2.61. The molecule has 5 heterocycles. The van der Waals surface area contributed by atoms with Crippen LogP contribution in [0.5, 0.6) is 0 Å². The SMILES string of the molecule is C=CC.CC(C)C.Cc1cc2[nH]ncc2c(-c2c(N3CCn4nccc4C3)nn(C3CC4(C3)CN(C=O)C4)c2C)c1Cl. The number of nitrogens with one attached hydrogen (secondary N) is 1. The van der Waals surface area contributed by atoms with Gasteiger partial charge in [0.2, 0.25) is 6.41 Å². The first-order valence-electron chi connectivity index (χ1n) is 14.8. The highest BCUT2D eigenvalue weighted by atomic mass is 35.5. The van der Waals surface area contributed by atoms with Crippen LogP contribution in [0.25, 0.3) is 22.0 Å². The summed E-state index contributed by atoms with van der Waals surface area (Å²) in [6, 6.07) is 4.46. The van der Waals surface area contributed by atoms with Crippen molar-refractivity contribution in [1.82, 2.24) is 34.7 Å². The Morgan fingerprint density at radius 1 is 1.17 bits per heavy atom. The van der Waals surface area contributed by atoms with E-state index in [1.54, 1.807) is 6.08 Å². The number of fused-ring (bicyclic) bond motifs is 2. The van der Waals surface area contributed by atoms with Gasteiger partial charge in [-0.1, -0.05) is 38.4 Å². The second kappa shape index (κ2) is 12.0. The van der Waals surface area contributed by atoms with E-state index in [0.717, 1.165) is 102 Å². The van der Waals surface area contributed by atoms with Gasteiger partial charge >= 0.3 is 0 Å². The van der Waals surface area contributed by atoms with Crippen LogP contribution in [0.2, 0.25) is 5.02 Å². The van der Waals surface area contributed by atoms with Gasteiger partial charge in [-0.05, 0) is 57.2 Å². The van der Waals surface area contributed by atoms with Gasteiger partial charge in [0.05, 0.1) is 41.6 Å². The smallest absolute Gasteiger partial charge is 0.209 e. The number of likely N-dealkylation sites (tertiary alicyclic amines) is 1. The number of anilines is 1. The number of aromatic nitrogens is 6. The maximum atomic E-state index is 11.1. The highest BCUT2D eigenvalue weighted by Gasteiger charge is 2.53. The number of benzene rings is 1. The van der Waals surface area contributed by atoms with Gasteiger partial charge in [-0.2, -0.15) is 15.3 Å². The van der Waals surface area contributed by atoms with E-state index in [-0.39, 0.29) is 5.41 Å². The molecule has 1 aliphatic carbocycles. The maximum absolute atomic E-state index is 11.1. The van der Waals surface area contributed by atoms with Crippen LogP contribution >= 0.6 is 11.6 Å². The molecule has 10 heteroatoms. The van der Waals surface area contributed by atoms with Crippen molar-refractivity contribution in [2.75, 3.05) is 24.5 Å². The van der Waals surface area contributed by atoms with E-state index in [0.29, 0.717) is 6.04 Å². The molecule has 3 aliphatic rings. The number of halogens is 1. The number of aromatic amines is 1. The molecule has 0 bridgehead atoms. The fraction of sp³-hybridized carbons (Fsp3) is 0.500. The van der Waals surface area contributed by atoms with E-state index in [1.807, 2.05) is 31.1 Å². The van der Waals surface area contributed by atoms with E-state index < -0.39 is 0 Å². The van der Waals surface area contributed by atoms with Gasteiger partial charge in [0.25, 0.3) is 0 Å². The minimum absolute atomic E-state index is 0.265. The highest BCUT2D eigenvalue weighted by molar-refractivity contribution is 6.36. The number of allylic oxidation sites excluding steroid dienone is 1. The Morgan fingerprint density at radius 2 is 1.86 bits per heavy atom. The third-order valence-corrected chi connectivity index (χ3v) is 8.68. The topological polar surface area (TPSA) is 87.9 Å². The first kappa shape index (κ1) is 29.9. The van der Waals surface area contributed by atoms with Gasteiger partial charge in [0.15, 0.2) is 5.82 Å². The predicted molar refractivity (Wildman–Crippen MR) is 170 cm³/mol. The number of nitrogens with zero attached hydrogens (tertiary/aromatic N) is 7. The molecule has 1 amide bonds. The zero-order valence-corrected chi connectivity index (χ0v) is 26.4. The molecule has 0 atom stereocenters. The van der Waals surface area contributed by atoms with Crippen molar-refractivity contribution in [2.24, 2.45) is 11.3 Å². The van der Waals surface area contributed by atoms with E-state index in [2.05, 4.69) is 76.0 Å². The van der Waals surface area contributed by atoms with Crippen molar-refractivity contribution in [2.45, 2.75) is 73.5 Å². The summed E-state index contributed by atoms with van der Waals surface area (Å²) in [6.07, 6.45) is 8.54. The molecule has 1 N–H and O–H groups in total. The number of aryl methyl sites for hydroxylation is 1. The Morgan fingerprint density at radius 3 is 2.52 bits per heavy atom. The summed E-state index contributed by atoms with van der Waals surface area (Å²) in [5.74, 6) is 1.80. The second-order valence-corrected chi connectivity index (χ2v) is 13.0. The Balaban J connectivity index is 0.000000459. The third-order valence-electron chi connectivity index (χ3n) is 8.19. The molecule has 1 aromatic carbocycles. The number of rotatable bonds is 4. The monoisotopic (exact) mass is 590 g/mol. The average Bonchev–Trinajstić information content (AvgIpc) is 3.63. The third kappa shape index (κ3) is 5.46. The minimum Gasteiger partial charge on any atom is -0.347 e. The summed E-state index contributed by atoms with van der Waals surface area (Å²) in [5.41, 5.74) is 6.65. The summed E-state index contributed by atoms with van der Waals surface area (Å²) in [5, 5.41) is 18.9. The predicted octanol–water partition coefficient (Wildman–Crippen LogP) is 6.56. The number of hydrogen-bond donors (Lipinski definition) is 1. The van der Waals surface area contributed by atoms with Gasteiger partial charge in [-0.15, -0.1) is 6.58 Å². The summed E-state index contributed by atoms with van der Waals surface area (Å²) in [4.78, 5) is 15.3. The molecule has 0 radical (unpaired) electrons. The van der Waals surface area contributed by atoms with Crippen LogP contribution < -0.4 is 4.90 Å². The van der Waals surface area contributed by atoms with Gasteiger partial charge in [0, 0.05) is 53.5 Å². The van der Waals surface area contributed by atoms with Crippen LogP contribution in [0.1, 0.15) is 63.5 Å². The normalized spacial score (nSPS) is 17.1.